The number of nitrogens with zero attached hydrogens (tertiary/aromatic N) is 1. The molecule has 1 nitrogen and oxygen atoms in total. The summed E-state index contributed by atoms with van der Waals surface area (Å²) in [5.74, 6) is -0.00597. The molecule has 0 saturated carbocycles. The van der Waals surface area contributed by atoms with Crippen molar-refractivity contribution in [1.82, 2.24) is 4.98 Å². The first kappa shape index (κ1) is 20.0. The van der Waals surface area contributed by atoms with E-state index in [4.69, 9.17) is 4.98 Å². The summed E-state index contributed by atoms with van der Waals surface area (Å²) in [5, 5.41) is 0. The standard InChI is InChI=1S/C23H20Br2FN/c1-14(2)23-20(13-22(24)25)19(16-8-10-17(26)11-9-16)12-21(27-23)18-7-5-4-6-15(18)3/h4-14H,1-3H3. The molecule has 0 bridgehead atoms. The van der Waals surface area contributed by atoms with Gasteiger partial charge in [-0.05, 0) is 85.7 Å². The second-order valence-electron chi connectivity index (χ2n) is 6.76. The average molecular weight is 489 g/mol. The Labute approximate surface area is 176 Å². The summed E-state index contributed by atoms with van der Waals surface area (Å²) < 4.78 is 14.3. The van der Waals surface area contributed by atoms with Crippen molar-refractivity contribution in [2.24, 2.45) is 0 Å². The molecule has 0 fully saturated rings. The molecule has 3 rings (SSSR count). The zero-order chi connectivity index (χ0) is 19.6. The largest absolute Gasteiger partial charge is 0.252 e. The summed E-state index contributed by atoms with van der Waals surface area (Å²) in [6, 6.07) is 17.0. The summed E-state index contributed by atoms with van der Waals surface area (Å²) in [6.45, 7) is 6.36. The Balaban J connectivity index is 2.35. The maximum atomic E-state index is 13.5. The lowest BCUT2D eigenvalue weighted by atomic mass is 9.92. The number of hydrogen-bond donors (Lipinski definition) is 0. The van der Waals surface area contributed by atoms with Crippen molar-refractivity contribution >= 4 is 37.9 Å². The third-order valence-corrected chi connectivity index (χ3v) is 4.92. The molecule has 27 heavy (non-hydrogen) atoms. The molecule has 0 unspecified atom stereocenters. The monoisotopic (exact) mass is 487 g/mol. The lowest BCUT2D eigenvalue weighted by Gasteiger charge is -2.18. The molecular formula is C23H20Br2FN. The van der Waals surface area contributed by atoms with Gasteiger partial charge in [-0.15, -0.1) is 0 Å². The zero-order valence-corrected chi connectivity index (χ0v) is 18.6. The molecule has 0 aliphatic heterocycles. The fourth-order valence-electron chi connectivity index (χ4n) is 3.14. The van der Waals surface area contributed by atoms with Gasteiger partial charge in [0.25, 0.3) is 0 Å². The number of pyridine rings is 1. The summed E-state index contributed by atoms with van der Waals surface area (Å²) in [7, 11) is 0. The van der Waals surface area contributed by atoms with E-state index < -0.39 is 0 Å². The van der Waals surface area contributed by atoms with Crippen molar-refractivity contribution in [3.05, 3.63) is 80.6 Å². The van der Waals surface area contributed by atoms with Crippen molar-refractivity contribution in [3.8, 4) is 22.4 Å². The van der Waals surface area contributed by atoms with E-state index in [9.17, 15) is 4.39 Å². The summed E-state index contributed by atoms with van der Waals surface area (Å²) >= 11 is 6.96. The van der Waals surface area contributed by atoms with Gasteiger partial charge in [0.15, 0.2) is 0 Å². The van der Waals surface area contributed by atoms with Gasteiger partial charge in [0.1, 0.15) is 5.82 Å². The predicted molar refractivity (Wildman–Crippen MR) is 120 cm³/mol. The molecule has 138 valence electrons. The number of rotatable bonds is 4. The quantitative estimate of drug-likeness (QED) is 0.361. The van der Waals surface area contributed by atoms with E-state index in [1.165, 1.54) is 17.7 Å². The number of aryl methyl sites for hydroxylation is 1. The Bertz CT molecular complexity index is 988. The van der Waals surface area contributed by atoms with Crippen molar-refractivity contribution in [3.63, 3.8) is 0 Å². The SMILES string of the molecule is Cc1ccccc1-c1cc(-c2ccc(F)cc2)c(C=C(Br)Br)c(C(C)C)n1. The van der Waals surface area contributed by atoms with Crippen molar-refractivity contribution in [2.75, 3.05) is 0 Å². The van der Waals surface area contributed by atoms with Crippen LogP contribution in [0.2, 0.25) is 0 Å². The van der Waals surface area contributed by atoms with Gasteiger partial charge in [-0.25, -0.2) is 4.39 Å². The maximum absolute atomic E-state index is 13.5. The van der Waals surface area contributed by atoms with Crippen LogP contribution in [-0.2, 0) is 0 Å². The highest BCUT2D eigenvalue weighted by molar-refractivity contribution is 9.28. The molecule has 1 heterocycles. The second-order valence-corrected chi connectivity index (χ2v) is 9.54. The van der Waals surface area contributed by atoms with Gasteiger partial charge in [-0.1, -0.05) is 50.2 Å². The molecule has 0 N–H and O–H groups in total. The normalized spacial score (nSPS) is 10.9. The van der Waals surface area contributed by atoms with Crippen LogP contribution >= 0.6 is 31.9 Å². The van der Waals surface area contributed by atoms with E-state index in [2.05, 4.69) is 70.8 Å². The minimum atomic E-state index is -0.241. The van der Waals surface area contributed by atoms with E-state index in [0.717, 1.165) is 37.0 Å². The lowest BCUT2D eigenvalue weighted by molar-refractivity contribution is 0.628. The van der Waals surface area contributed by atoms with Crippen LogP contribution in [0.4, 0.5) is 4.39 Å². The van der Waals surface area contributed by atoms with Crippen LogP contribution in [0.15, 0.2) is 58.0 Å². The van der Waals surface area contributed by atoms with E-state index in [1.54, 1.807) is 0 Å². The zero-order valence-electron chi connectivity index (χ0n) is 15.4. The summed E-state index contributed by atoms with van der Waals surface area (Å²) in [4.78, 5) is 5.00. The molecule has 1 aromatic heterocycles. The Hall–Kier alpha value is -1.78. The number of aromatic nitrogens is 1. The smallest absolute Gasteiger partial charge is 0.123 e. The Kier molecular flexibility index (Phi) is 6.28. The van der Waals surface area contributed by atoms with Gasteiger partial charge in [0, 0.05) is 11.1 Å². The van der Waals surface area contributed by atoms with Crippen LogP contribution in [0.5, 0.6) is 0 Å². The van der Waals surface area contributed by atoms with Crippen LogP contribution in [0.25, 0.3) is 28.5 Å². The molecule has 0 spiro atoms. The molecule has 0 atom stereocenters. The Morgan fingerprint density at radius 2 is 1.67 bits per heavy atom. The van der Waals surface area contributed by atoms with Gasteiger partial charge in [-0.3, -0.25) is 4.98 Å². The molecule has 4 heteroatoms. The van der Waals surface area contributed by atoms with Gasteiger partial charge < -0.3 is 0 Å². The van der Waals surface area contributed by atoms with E-state index in [-0.39, 0.29) is 11.7 Å². The second kappa shape index (κ2) is 8.49. The van der Waals surface area contributed by atoms with Crippen LogP contribution < -0.4 is 0 Å². The van der Waals surface area contributed by atoms with Crippen molar-refractivity contribution in [1.29, 1.82) is 0 Å². The van der Waals surface area contributed by atoms with Gasteiger partial charge in [0.2, 0.25) is 0 Å². The predicted octanol–water partition coefficient (Wildman–Crippen LogP) is 8.07. The third kappa shape index (κ3) is 4.56. The highest BCUT2D eigenvalue weighted by Gasteiger charge is 2.17. The van der Waals surface area contributed by atoms with Gasteiger partial charge in [0.05, 0.1) is 14.8 Å². The number of halogens is 3. The van der Waals surface area contributed by atoms with Crippen LogP contribution in [0.3, 0.4) is 0 Å². The minimum Gasteiger partial charge on any atom is -0.252 e. The van der Waals surface area contributed by atoms with Crippen LogP contribution in [-0.4, -0.2) is 4.98 Å². The van der Waals surface area contributed by atoms with Crippen LogP contribution in [0.1, 0.15) is 36.6 Å². The van der Waals surface area contributed by atoms with Gasteiger partial charge >= 0.3 is 0 Å². The number of hydrogen-bond acceptors (Lipinski definition) is 1. The topological polar surface area (TPSA) is 12.9 Å². The first-order chi connectivity index (χ1) is 12.9. The highest BCUT2D eigenvalue weighted by Crippen LogP contribution is 2.36. The fraction of sp³-hybridized carbons (Fsp3) is 0.174. The molecule has 0 radical (unpaired) electrons. The molecule has 0 saturated heterocycles. The molecular weight excluding hydrogens is 469 g/mol. The molecule has 3 aromatic rings. The van der Waals surface area contributed by atoms with Crippen molar-refractivity contribution < 1.29 is 4.39 Å². The van der Waals surface area contributed by atoms with E-state index >= 15 is 0 Å². The first-order valence-electron chi connectivity index (χ1n) is 8.76. The Morgan fingerprint density at radius 3 is 2.26 bits per heavy atom. The summed E-state index contributed by atoms with van der Waals surface area (Å²) in [6.07, 6.45) is 2.02. The van der Waals surface area contributed by atoms with Gasteiger partial charge in [-0.2, -0.15) is 0 Å². The average Bonchev–Trinajstić information content (AvgIpc) is 2.62. The third-order valence-electron chi connectivity index (χ3n) is 4.46. The minimum absolute atomic E-state index is 0.235. The maximum Gasteiger partial charge on any atom is 0.123 e. The summed E-state index contributed by atoms with van der Waals surface area (Å²) in [5.41, 5.74) is 7.24. The van der Waals surface area contributed by atoms with E-state index in [1.807, 2.05) is 30.3 Å². The Morgan fingerprint density at radius 1 is 1.00 bits per heavy atom. The molecule has 2 aromatic carbocycles. The highest BCUT2D eigenvalue weighted by atomic mass is 79.9. The van der Waals surface area contributed by atoms with E-state index in [0.29, 0.717) is 0 Å². The fourth-order valence-corrected chi connectivity index (χ4v) is 3.60. The van der Waals surface area contributed by atoms with Crippen LogP contribution in [0, 0.1) is 12.7 Å². The van der Waals surface area contributed by atoms with Crippen molar-refractivity contribution in [2.45, 2.75) is 26.7 Å². The molecule has 0 aliphatic carbocycles. The number of benzene rings is 2. The first-order valence-corrected chi connectivity index (χ1v) is 10.3. The lowest BCUT2D eigenvalue weighted by Crippen LogP contribution is -2.02. The molecule has 0 amide bonds. The molecule has 0 aliphatic rings.